The van der Waals surface area contributed by atoms with Gasteiger partial charge in [0.15, 0.2) is 0 Å². The predicted octanol–water partition coefficient (Wildman–Crippen LogP) is 1.41. The monoisotopic (exact) mass is 533 g/mol. The van der Waals surface area contributed by atoms with Crippen LogP contribution in [0.15, 0.2) is 0 Å². The van der Waals surface area contributed by atoms with Gasteiger partial charge in [-0.15, -0.1) is 44.3 Å². The maximum atomic E-state index is 4.97. The molecule has 0 heterocycles. The van der Waals surface area contributed by atoms with Gasteiger partial charge in [0.25, 0.3) is 0 Å². The third kappa shape index (κ3) is 29.2. The molecule has 0 radical (unpaired) electrons. The second kappa shape index (κ2) is 18.8. The van der Waals surface area contributed by atoms with Crippen molar-refractivity contribution in [3.8, 4) is 0 Å². The molecule has 9 nitrogen and oxygen atoms in total. The summed E-state index contributed by atoms with van der Waals surface area (Å²) in [5.74, 6) is 0. The first-order valence-electron chi connectivity index (χ1n) is 9.30. The molecule has 0 unspecified atom stereocenters. The molecule has 4 N–H and O–H groups in total. The summed E-state index contributed by atoms with van der Waals surface area (Å²) >= 11 is 19.9. The van der Waals surface area contributed by atoms with E-state index in [-0.39, 0.29) is 0 Å². The van der Waals surface area contributed by atoms with E-state index < -0.39 is 14.0 Å². The lowest BCUT2D eigenvalue weighted by atomic mass is 10.5. The summed E-state index contributed by atoms with van der Waals surface area (Å²) in [4.78, 5) is 2.38. The van der Waals surface area contributed by atoms with Crippen molar-refractivity contribution in [2.45, 2.75) is 20.8 Å². The minimum absolute atomic E-state index is 1.19. The van der Waals surface area contributed by atoms with Crippen LogP contribution in [-0.2, 0) is 0 Å². The number of hydrogen-bond donors (Lipinski definition) is 4. The predicted molar refractivity (Wildman–Crippen MR) is 136 cm³/mol. The molecule has 0 saturated heterocycles. The zero-order chi connectivity index (χ0) is 23.8. The van der Waals surface area contributed by atoms with E-state index in [2.05, 4.69) is 46.0 Å². The summed E-state index contributed by atoms with van der Waals surface area (Å²) in [5, 5.41) is 18.6. The minimum Gasteiger partial charge on any atom is -0.304 e. The Morgan fingerprint density at radius 2 is 0.690 bits per heavy atom. The van der Waals surface area contributed by atoms with Gasteiger partial charge >= 0.3 is 14.0 Å². The zero-order valence-electron chi connectivity index (χ0n) is 19.9. The molecule has 180 valence electrons. The Bertz CT molecular complexity index is 314. The van der Waals surface area contributed by atoms with Gasteiger partial charge in [-0.25, -0.2) is 20.4 Å². The second-order valence-corrected chi connectivity index (χ2v) is 20.4. The molecular weight excluding hydrogens is 492 g/mol. The lowest BCUT2D eigenvalue weighted by molar-refractivity contribution is 0.229. The summed E-state index contributed by atoms with van der Waals surface area (Å²) in [6.45, 7) is 10.1. The smallest absolute Gasteiger partial charge is 0.304 e. The van der Waals surface area contributed by atoms with E-state index in [1.165, 1.54) is 19.6 Å². The van der Waals surface area contributed by atoms with Crippen molar-refractivity contribution in [1.82, 2.24) is 45.3 Å². The first-order valence-corrected chi connectivity index (χ1v) is 17.3. The van der Waals surface area contributed by atoms with Crippen LogP contribution in [0.2, 0.25) is 0 Å². The van der Waals surface area contributed by atoms with Gasteiger partial charge < -0.3 is 4.90 Å². The highest BCUT2D eigenvalue weighted by Crippen LogP contribution is 2.23. The van der Waals surface area contributed by atoms with Gasteiger partial charge in [0, 0.05) is 56.4 Å². The Morgan fingerprint density at radius 1 is 0.517 bits per heavy atom. The first kappa shape index (κ1) is 34.8. The number of nitrogens with one attached hydrogen (secondary N) is 4. The van der Waals surface area contributed by atoms with Gasteiger partial charge in [0.2, 0.25) is 0 Å². The first-order chi connectivity index (χ1) is 13.0. The molecule has 0 atom stereocenters. The van der Waals surface area contributed by atoms with Crippen molar-refractivity contribution < 1.29 is 0 Å². The lowest BCUT2D eigenvalue weighted by Gasteiger charge is -2.40. The second-order valence-electron chi connectivity index (χ2n) is 6.82. The van der Waals surface area contributed by atoms with Gasteiger partial charge in [-0.3, -0.25) is 20.0 Å². The average molecular weight is 536 g/mol. The highest BCUT2D eigenvalue weighted by atomic mass is 36.0. The standard InChI is InChI=1S/C8H28N8Si.C6H15N.Cl4Si/c1-13(2)9-17(10-14(3)4,11-15(5)6)12-16(7)8;1-4-7(5-2)6-3;1-5(2,3)4/h9-12H,1-8H3;4-6H2,1-3H3;. The maximum Gasteiger partial charge on any atom is 0.440 e. The van der Waals surface area contributed by atoms with E-state index in [1.54, 1.807) is 0 Å². The Labute approximate surface area is 199 Å². The molecule has 0 fully saturated rings. The van der Waals surface area contributed by atoms with E-state index in [0.29, 0.717) is 0 Å². The van der Waals surface area contributed by atoms with Crippen LogP contribution in [0.4, 0.5) is 0 Å². The van der Waals surface area contributed by atoms with Gasteiger partial charge in [-0.1, -0.05) is 20.8 Å². The quantitative estimate of drug-likeness (QED) is 0.179. The average Bonchev–Trinajstić information content (AvgIpc) is 2.44. The van der Waals surface area contributed by atoms with Crippen molar-refractivity contribution in [2.75, 3.05) is 76.0 Å². The van der Waals surface area contributed by atoms with Crippen LogP contribution in [0.25, 0.3) is 0 Å². The Hall–Kier alpha value is 1.23. The molecule has 0 aliphatic carbocycles. The number of nitrogens with zero attached hydrogens (tertiary/aromatic N) is 5. The van der Waals surface area contributed by atoms with Gasteiger partial charge in [0.05, 0.1) is 0 Å². The number of hydrogen-bond acceptors (Lipinski definition) is 9. The Morgan fingerprint density at radius 3 is 0.759 bits per heavy atom. The van der Waals surface area contributed by atoms with E-state index in [1.807, 2.05) is 76.4 Å². The number of rotatable bonds is 11. The van der Waals surface area contributed by atoms with E-state index >= 15 is 0 Å². The number of hydrazine groups is 4. The van der Waals surface area contributed by atoms with E-state index in [4.69, 9.17) is 44.3 Å². The van der Waals surface area contributed by atoms with Gasteiger partial charge in [-0.05, 0) is 19.6 Å². The van der Waals surface area contributed by atoms with E-state index in [0.717, 1.165) is 0 Å². The molecule has 0 aromatic rings. The van der Waals surface area contributed by atoms with E-state index in [9.17, 15) is 0 Å². The van der Waals surface area contributed by atoms with Crippen molar-refractivity contribution in [3.05, 3.63) is 0 Å². The number of halogens is 4. The van der Waals surface area contributed by atoms with Gasteiger partial charge in [0.1, 0.15) is 0 Å². The molecule has 0 rings (SSSR count). The topological polar surface area (TPSA) is 64.3 Å². The summed E-state index contributed by atoms with van der Waals surface area (Å²) in [6.07, 6.45) is 0. The van der Waals surface area contributed by atoms with Crippen LogP contribution < -0.4 is 20.4 Å². The zero-order valence-corrected chi connectivity index (χ0v) is 24.9. The van der Waals surface area contributed by atoms with Crippen molar-refractivity contribution in [2.24, 2.45) is 0 Å². The summed E-state index contributed by atoms with van der Waals surface area (Å²) < 4.78 is 0. The SMILES string of the molecule is CCN(CC)CC.CN(C)N[Si](NN(C)C)(NN(C)C)NN(C)C.Cl[Si](Cl)(Cl)Cl. The third-order valence-electron chi connectivity index (χ3n) is 2.91. The molecule has 29 heavy (non-hydrogen) atoms. The van der Waals surface area contributed by atoms with Crippen LogP contribution >= 0.6 is 44.3 Å². The molecular formula is C14H43Cl4N9Si2. The highest BCUT2D eigenvalue weighted by Gasteiger charge is 2.38. The van der Waals surface area contributed by atoms with Crippen LogP contribution in [0.3, 0.4) is 0 Å². The summed E-state index contributed by atoms with van der Waals surface area (Å²) in [7, 11) is 13.4. The fourth-order valence-corrected chi connectivity index (χ4v) is 5.15. The molecule has 15 heteroatoms. The fraction of sp³-hybridized carbons (Fsp3) is 1.00. The van der Waals surface area contributed by atoms with Crippen LogP contribution in [0, 0.1) is 0 Å². The molecule has 0 amide bonds. The molecule has 0 aliphatic rings. The largest absolute Gasteiger partial charge is 0.440 e. The third-order valence-corrected chi connectivity index (χ3v) is 6.04. The molecule has 0 aromatic heterocycles. The van der Waals surface area contributed by atoms with Crippen LogP contribution in [0.1, 0.15) is 20.8 Å². The minimum atomic E-state index is -2.72. The molecule has 0 bridgehead atoms. The molecule has 0 aliphatic heterocycles. The summed E-state index contributed by atoms with van der Waals surface area (Å²) in [5.41, 5.74) is 0. The maximum absolute atomic E-state index is 4.97. The normalized spacial score (nSPS) is 12.4. The molecule has 0 spiro atoms. The Balaban J connectivity index is -0.000000461. The highest BCUT2D eigenvalue weighted by molar-refractivity contribution is 7.81. The lowest BCUT2D eigenvalue weighted by Crippen LogP contribution is -2.87. The summed E-state index contributed by atoms with van der Waals surface area (Å²) in [6, 6.07) is 0. The molecule has 0 aromatic carbocycles. The van der Waals surface area contributed by atoms with Crippen molar-refractivity contribution >= 4 is 58.3 Å². The van der Waals surface area contributed by atoms with Crippen molar-refractivity contribution in [3.63, 3.8) is 0 Å². The van der Waals surface area contributed by atoms with Crippen molar-refractivity contribution in [1.29, 1.82) is 0 Å². The van der Waals surface area contributed by atoms with Gasteiger partial charge in [-0.2, -0.15) is 0 Å². The Kier molecular flexibility index (Phi) is 22.6. The van der Waals surface area contributed by atoms with Crippen LogP contribution in [-0.4, -0.2) is 115 Å². The fourth-order valence-electron chi connectivity index (χ4n) is 2.16. The molecule has 0 saturated carbocycles. The van der Waals surface area contributed by atoms with Crippen LogP contribution in [0.5, 0.6) is 0 Å².